The van der Waals surface area contributed by atoms with Crippen molar-refractivity contribution in [1.82, 2.24) is 0 Å². The van der Waals surface area contributed by atoms with Gasteiger partial charge in [-0.25, -0.2) is 0 Å². The number of aliphatic carboxylic acids is 1. The molecule has 0 aliphatic rings. The van der Waals surface area contributed by atoms with Gasteiger partial charge in [-0.3, -0.25) is 4.79 Å². The Labute approximate surface area is 116 Å². The lowest BCUT2D eigenvalue weighted by Crippen LogP contribution is -2.32. The predicted octanol–water partition coefficient (Wildman–Crippen LogP) is 4.46. The molecule has 1 N–H and O–H groups in total. The van der Waals surface area contributed by atoms with Crippen LogP contribution in [0.1, 0.15) is 57.6 Å². The van der Waals surface area contributed by atoms with E-state index in [-0.39, 0.29) is 0 Å². The summed E-state index contributed by atoms with van der Waals surface area (Å²) in [6.45, 7) is 6.23. The summed E-state index contributed by atoms with van der Waals surface area (Å²) in [6.07, 6.45) is 5.15. The van der Waals surface area contributed by atoms with E-state index in [4.69, 9.17) is 0 Å². The van der Waals surface area contributed by atoms with Gasteiger partial charge >= 0.3 is 5.97 Å². The number of carbonyl (C=O) groups is 1. The number of hydrogen-bond acceptors (Lipinski definition) is 1. The third-order valence-corrected chi connectivity index (χ3v) is 4.11. The highest BCUT2D eigenvalue weighted by molar-refractivity contribution is 5.75. The second-order valence-corrected chi connectivity index (χ2v) is 5.39. The van der Waals surface area contributed by atoms with E-state index in [1.54, 1.807) is 0 Å². The van der Waals surface area contributed by atoms with Crippen LogP contribution in [0, 0.1) is 5.41 Å². The predicted molar refractivity (Wildman–Crippen MR) is 79.4 cm³/mol. The largest absolute Gasteiger partial charge is 0.481 e. The molecule has 0 spiro atoms. The molecular formula is C17H26O2. The van der Waals surface area contributed by atoms with E-state index in [2.05, 4.69) is 38.1 Å². The van der Waals surface area contributed by atoms with Crippen molar-refractivity contribution in [2.75, 3.05) is 0 Å². The minimum atomic E-state index is -0.650. The number of carboxylic acids is 1. The van der Waals surface area contributed by atoms with Crippen molar-refractivity contribution in [3.63, 3.8) is 0 Å². The second-order valence-electron chi connectivity index (χ2n) is 5.39. The molecule has 0 fully saturated rings. The van der Waals surface area contributed by atoms with E-state index in [0.717, 1.165) is 31.2 Å². The Hall–Kier alpha value is -1.31. The van der Waals surface area contributed by atoms with Gasteiger partial charge in [-0.1, -0.05) is 57.9 Å². The smallest absolute Gasteiger partial charge is 0.309 e. The van der Waals surface area contributed by atoms with Crippen LogP contribution >= 0.6 is 0 Å². The zero-order valence-electron chi connectivity index (χ0n) is 12.4. The molecule has 1 rings (SSSR count). The quantitative estimate of drug-likeness (QED) is 0.751. The molecule has 106 valence electrons. The minimum absolute atomic E-state index is 0.594. The third-order valence-electron chi connectivity index (χ3n) is 4.11. The molecule has 1 atom stereocenters. The number of aryl methyl sites for hydroxylation is 1. The average Bonchev–Trinajstić information content (AvgIpc) is 2.44. The Morgan fingerprint density at radius 2 is 1.68 bits per heavy atom. The minimum Gasteiger partial charge on any atom is -0.481 e. The highest BCUT2D eigenvalue weighted by Crippen LogP contribution is 2.33. The summed E-state index contributed by atoms with van der Waals surface area (Å²) < 4.78 is 0. The van der Waals surface area contributed by atoms with Gasteiger partial charge in [-0.2, -0.15) is 0 Å². The molecule has 1 aromatic rings. The highest BCUT2D eigenvalue weighted by Gasteiger charge is 2.35. The fourth-order valence-electron chi connectivity index (χ4n) is 2.52. The molecule has 2 nitrogen and oxygen atoms in total. The van der Waals surface area contributed by atoms with Crippen LogP contribution in [0.4, 0.5) is 0 Å². The number of rotatable bonds is 8. The molecule has 0 radical (unpaired) electrons. The molecule has 0 aromatic heterocycles. The molecular weight excluding hydrogens is 236 g/mol. The van der Waals surface area contributed by atoms with E-state index < -0.39 is 11.4 Å². The Balaban J connectivity index is 2.88. The lowest BCUT2D eigenvalue weighted by atomic mass is 9.75. The van der Waals surface area contributed by atoms with Gasteiger partial charge in [-0.05, 0) is 36.8 Å². The maximum atomic E-state index is 11.7. The number of hydrogen-bond donors (Lipinski definition) is 1. The molecule has 0 bridgehead atoms. The van der Waals surface area contributed by atoms with Crippen LogP contribution in [-0.2, 0) is 17.6 Å². The summed E-state index contributed by atoms with van der Waals surface area (Å²) in [6, 6.07) is 8.38. The van der Waals surface area contributed by atoms with Gasteiger partial charge in [0.15, 0.2) is 0 Å². The van der Waals surface area contributed by atoms with Gasteiger partial charge in [-0.15, -0.1) is 0 Å². The van der Waals surface area contributed by atoms with Crippen molar-refractivity contribution in [3.8, 4) is 0 Å². The van der Waals surface area contributed by atoms with E-state index >= 15 is 0 Å². The molecule has 0 saturated carbocycles. The fraction of sp³-hybridized carbons (Fsp3) is 0.588. The van der Waals surface area contributed by atoms with Gasteiger partial charge in [0.2, 0.25) is 0 Å². The van der Waals surface area contributed by atoms with Crippen molar-refractivity contribution in [2.24, 2.45) is 5.41 Å². The average molecular weight is 262 g/mol. The van der Waals surface area contributed by atoms with Crippen molar-refractivity contribution in [2.45, 2.75) is 59.3 Å². The van der Waals surface area contributed by atoms with Crippen molar-refractivity contribution >= 4 is 5.97 Å². The molecule has 0 heterocycles. The molecule has 1 unspecified atom stereocenters. The Bertz CT molecular complexity index is 394. The SMILES string of the molecule is CCCCC(CC)(Cc1ccc(CC)cc1)C(=O)O. The Morgan fingerprint density at radius 3 is 2.11 bits per heavy atom. The van der Waals surface area contributed by atoms with Gasteiger partial charge in [0, 0.05) is 0 Å². The van der Waals surface area contributed by atoms with Crippen LogP contribution in [0.3, 0.4) is 0 Å². The third kappa shape index (κ3) is 4.09. The van der Waals surface area contributed by atoms with Crippen molar-refractivity contribution in [3.05, 3.63) is 35.4 Å². The van der Waals surface area contributed by atoms with E-state index in [9.17, 15) is 9.90 Å². The van der Waals surface area contributed by atoms with Gasteiger partial charge in [0.25, 0.3) is 0 Å². The molecule has 19 heavy (non-hydrogen) atoms. The zero-order valence-corrected chi connectivity index (χ0v) is 12.4. The van der Waals surface area contributed by atoms with Crippen LogP contribution in [0.2, 0.25) is 0 Å². The molecule has 0 amide bonds. The van der Waals surface area contributed by atoms with E-state index in [1.807, 2.05) is 6.92 Å². The number of carboxylic acid groups (broad SMARTS) is 1. The fourth-order valence-corrected chi connectivity index (χ4v) is 2.52. The lowest BCUT2D eigenvalue weighted by molar-refractivity contribution is -0.149. The summed E-state index contributed by atoms with van der Waals surface area (Å²) >= 11 is 0. The zero-order chi connectivity index (χ0) is 14.3. The molecule has 0 aliphatic heterocycles. The van der Waals surface area contributed by atoms with Gasteiger partial charge in [0.1, 0.15) is 0 Å². The lowest BCUT2D eigenvalue weighted by Gasteiger charge is -2.28. The van der Waals surface area contributed by atoms with E-state index in [0.29, 0.717) is 12.8 Å². The first-order valence-electron chi connectivity index (χ1n) is 7.39. The molecule has 0 aliphatic carbocycles. The summed E-state index contributed by atoms with van der Waals surface area (Å²) in [5.74, 6) is -0.650. The molecule has 2 heteroatoms. The first-order valence-corrected chi connectivity index (χ1v) is 7.39. The summed E-state index contributed by atoms with van der Waals surface area (Å²) in [4.78, 5) is 11.7. The summed E-state index contributed by atoms with van der Waals surface area (Å²) in [7, 11) is 0. The number of unbranched alkanes of at least 4 members (excludes halogenated alkanes) is 1. The van der Waals surface area contributed by atoms with Crippen molar-refractivity contribution < 1.29 is 9.90 Å². The van der Waals surface area contributed by atoms with Gasteiger partial charge < -0.3 is 5.11 Å². The van der Waals surface area contributed by atoms with E-state index in [1.165, 1.54) is 5.56 Å². The Morgan fingerprint density at radius 1 is 1.11 bits per heavy atom. The second kappa shape index (κ2) is 7.32. The van der Waals surface area contributed by atoms with Crippen LogP contribution in [-0.4, -0.2) is 11.1 Å². The van der Waals surface area contributed by atoms with Crippen LogP contribution in [0.5, 0.6) is 0 Å². The normalized spacial score (nSPS) is 14.1. The van der Waals surface area contributed by atoms with Crippen LogP contribution in [0.15, 0.2) is 24.3 Å². The summed E-state index contributed by atoms with van der Waals surface area (Å²) in [5.41, 5.74) is 1.84. The topological polar surface area (TPSA) is 37.3 Å². The highest BCUT2D eigenvalue weighted by atomic mass is 16.4. The first-order chi connectivity index (χ1) is 9.07. The van der Waals surface area contributed by atoms with Crippen LogP contribution in [0.25, 0.3) is 0 Å². The standard InChI is InChI=1S/C17H26O2/c1-4-7-12-17(6-3,16(18)19)13-15-10-8-14(5-2)9-11-15/h8-11H,4-7,12-13H2,1-3H3,(H,18,19). The maximum absolute atomic E-state index is 11.7. The monoisotopic (exact) mass is 262 g/mol. The Kier molecular flexibility index (Phi) is 6.07. The van der Waals surface area contributed by atoms with Crippen LogP contribution < -0.4 is 0 Å². The first kappa shape index (κ1) is 15.7. The molecule has 0 saturated heterocycles. The molecule has 1 aromatic carbocycles. The number of benzene rings is 1. The van der Waals surface area contributed by atoms with Crippen molar-refractivity contribution in [1.29, 1.82) is 0 Å². The maximum Gasteiger partial charge on any atom is 0.309 e. The summed E-state index contributed by atoms with van der Waals surface area (Å²) in [5, 5.41) is 9.61. The van der Waals surface area contributed by atoms with Gasteiger partial charge in [0.05, 0.1) is 5.41 Å².